The van der Waals surface area contributed by atoms with Crippen molar-refractivity contribution in [1.29, 1.82) is 0 Å². The number of likely N-dealkylation sites (tertiary alicyclic amines) is 3. The molecule has 0 saturated carbocycles. The van der Waals surface area contributed by atoms with Crippen molar-refractivity contribution >= 4 is 11.8 Å². The number of carbonyl (C=O) groups excluding carboxylic acids is 2. The van der Waals surface area contributed by atoms with Crippen molar-refractivity contribution in [3.63, 3.8) is 0 Å². The van der Waals surface area contributed by atoms with E-state index in [0.29, 0.717) is 12.3 Å². The van der Waals surface area contributed by atoms with Gasteiger partial charge in [0.2, 0.25) is 11.8 Å². The number of piperidine rings is 2. The second-order valence-corrected chi connectivity index (χ2v) is 8.85. The summed E-state index contributed by atoms with van der Waals surface area (Å²) in [5, 5.41) is 0. The van der Waals surface area contributed by atoms with Crippen LogP contribution in [0.15, 0.2) is 24.4 Å². The summed E-state index contributed by atoms with van der Waals surface area (Å²) >= 11 is 0. The second-order valence-electron chi connectivity index (χ2n) is 8.85. The summed E-state index contributed by atoms with van der Waals surface area (Å²) in [5.41, 5.74) is 1.23. The Kier molecular flexibility index (Phi) is 5.67. The van der Waals surface area contributed by atoms with Crippen molar-refractivity contribution in [2.45, 2.75) is 51.0 Å². The molecular formula is C22H32N4O2. The molecule has 1 aromatic rings. The second kappa shape index (κ2) is 8.19. The van der Waals surface area contributed by atoms with Crippen LogP contribution in [-0.4, -0.2) is 77.3 Å². The number of pyridine rings is 1. The van der Waals surface area contributed by atoms with Gasteiger partial charge in [0, 0.05) is 50.9 Å². The van der Waals surface area contributed by atoms with Crippen LogP contribution < -0.4 is 0 Å². The minimum Gasteiger partial charge on any atom is -0.342 e. The fourth-order valence-corrected chi connectivity index (χ4v) is 5.14. The van der Waals surface area contributed by atoms with Crippen LogP contribution in [0.1, 0.15) is 44.2 Å². The molecule has 0 unspecified atom stereocenters. The first-order chi connectivity index (χ1) is 13.6. The third-order valence-electron chi connectivity index (χ3n) is 7.05. The lowest BCUT2D eigenvalue weighted by atomic mass is 9.72. The van der Waals surface area contributed by atoms with Gasteiger partial charge in [-0.05, 0) is 63.2 Å². The molecule has 1 aromatic heterocycles. The maximum absolute atomic E-state index is 12.9. The van der Waals surface area contributed by atoms with E-state index in [-0.39, 0.29) is 17.4 Å². The van der Waals surface area contributed by atoms with Crippen LogP contribution in [0.25, 0.3) is 0 Å². The van der Waals surface area contributed by atoms with Crippen molar-refractivity contribution < 1.29 is 9.59 Å². The first-order valence-electron chi connectivity index (χ1n) is 10.7. The van der Waals surface area contributed by atoms with E-state index in [1.165, 1.54) is 0 Å². The molecule has 3 fully saturated rings. The first kappa shape index (κ1) is 19.4. The predicted molar refractivity (Wildman–Crippen MR) is 108 cm³/mol. The quantitative estimate of drug-likeness (QED) is 0.796. The van der Waals surface area contributed by atoms with Crippen LogP contribution in [0.2, 0.25) is 0 Å². The Morgan fingerprint density at radius 3 is 2.71 bits per heavy atom. The number of hydrogen-bond donors (Lipinski definition) is 0. The number of nitrogens with zero attached hydrogens (tertiary/aromatic N) is 4. The molecule has 4 heterocycles. The maximum atomic E-state index is 12.9. The Morgan fingerprint density at radius 2 is 2.04 bits per heavy atom. The fourth-order valence-electron chi connectivity index (χ4n) is 5.14. The van der Waals surface area contributed by atoms with Gasteiger partial charge >= 0.3 is 0 Å². The lowest BCUT2D eigenvalue weighted by molar-refractivity contribution is -0.144. The van der Waals surface area contributed by atoms with Crippen LogP contribution in [0.4, 0.5) is 0 Å². The molecule has 3 aliphatic rings. The SMILES string of the molecule is CN1CCC[C@H]1C(=O)N1CCC2(CCC(=O)N(CCc3ccccn3)C2)CC1. The maximum Gasteiger partial charge on any atom is 0.239 e. The standard InChI is InChI=1S/C22H32N4O2/c1-24-13-4-6-19(24)21(28)25-15-10-22(11-16-25)9-7-20(27)26(17-22)14-8-18-5-2-3-12-23-18/h2-3,5,12,19H,4,6-11,13-17H2,1H3/t19-/m0/s1. The van der Waals surface area contributed by atoms with Gasteiger partial charge in [0.15, 0.2) is 0 Å². The van der Waals surface area contributed by atoms with E-state index in [4.69, 9.17) is 0 Å². The van der Waals surface area contributed by atoms with E-state index < -0.39 is 0 Å². The summed E-state index contributed by atoms with van der Waals surface area (Å²) in [7, 11) is 2.06. The molecule has 0 radical (unpaired) electrons. The normalized spacial score (nSPS) is 25.5. The van der Waals surface area contributed by atoms with Gasteiger partial charge in [0.25, 0.3) is 0 Å². The molecule has 3 aliphatic heterocycles. The topological polar surface area (TPSA) is 56.8 Å². The zero-order valence-electron chi connectivity index (χ0n) is 17.0. The Morgan fingerprint density at radius 1 is 1.21 bits per heavy atom. The predicted octanol–water partition coefficient (Wildman–Crippen LogP) is 1.95. The van der Waals surface area contributed by atoms with E-state index in [1.54, 1.807) is 0 Å². The van der Waals surface area contributed by atoms with E-state index in [2.05, 4.69) is 21.8 Å². The van der Waals surface area contributed by atoms with Crippen molar-refractivity contribution in [2.24, 2.45) is 5.41 Å². The molecule has 152 valence electrons. The Bertz CT molecular complexity index is 700. The molecule has 0 aromatic carbocycles. The van der Waals surface area contributed by atoms with Crippen LogP contribution in [0, 0.1) is 5.41 Å². The average molecular weight is 385 g/mol. The molecule has 2 amide bonds. The molecule has 6 nitrogen and oxygen atoms in total. The van der Waals surface area contributed by atoms with Crippen LogP contribution in [-0.2, 0) is 16.0 Å². The van der Waals surface area contributed by atoms with Gasteiger partial charge in [-0.25, -0.2) is 0 Å². The highest BCUT2D eigenvalue weighted by atomic mass is 16.2. The molecule has 4 rings (SSSR count). The van der Waals surface area contributed by atoms with E-state index in [1.807, 2.05) is 29.3 Å². The van der Waals surface area contributed by atoms with Gasteiger partial charge in [-0.15, -0.1) is 0 Å². The number of hydrogen-bond acceptors (Lipinski definition) is 4. The number of rotatable bonds is 4. The van der Waals surface area contributed by atoms with E-state index in [9.17, 15) is 9.59 Å². The Labute approximate surface area is 167 Å². The van der Waals surface area contributed by atoms with E-state index >= 15 is 0 Å². The van der Waals surface area contributed by atoms with E-state index in [0.717, 1.165) is 76.9 Å². The van der Waals surface area contributed by atoms with Gasteiger partial charge in [-0.1, -0.05) is 6.07 Å². The summed E-state index contributed by atoms with van der Waals surface area (Å²) in [6.07, 6.45) is 8.37. The van der Waals surface area contributed by atoms with Gasteiger partial charge in [-0.3, -0.25) is 19.5 Å². The Balaban J connectivity index is 1.32. The number of amides is 2. The van der Waals surface area contributed by atoms with Crippen LogP contribution in [0.3, 0.4) is 0 Å². The largest absolute Gasteiger partial charge is 0.342 e. The van der Waals surface area contributed by atoms with Crippen molar-refractivity contribution in [1.82, 2.24) is 19.7 Å². The van der Waals surface area contributed by atoms with Gasteiger partial charge in [0.1, 0.15) is 0 Å². The van der Waals surface area contributed by atoms with Gasteiger partial charge in [0.05, 0.1) is 6.04 Å². The summed E-state index contributed by atoms with van der Waals surface area (Å²) in [6.45, 7) is 4.29. The van der Waals surface area contributed by atoms with Crippen LogP contribution >= 0.6 is 0 Å². The number of aromatic nitrogens is 1. The molecule has 0 aliphatic carbocycles. The van der Waals surface area contributed by atoms with Crippen molar-refractivity contribution in [3.8, 4) is 0 Å². The third-order valence-corrected chi connectivity index (χ3v) is 7.05. The van der Waals surface area contributed by atoms with Crippen molar-refractivity contribution in [3.05, 3.63) is 30.1 Å². The number of carbonyl (C=O) groups is 2. The minimum absolute atomic E-state index is 0.0804. The smallest absolute Gasteiger partial charge is 0.239 e. The monoisotopic (exact) mass is 384 g/mol. The van der Waals surface area contributed by atoms with Gasteiger partial charge in [-0.2, -0.15) is 0 Å². The third kappa shape index (κ3) is 4.07. The molecular weight excluding hydrogens is 352 g/mol. The van der Waals surface area contributed by atoms with Crippen molar-refractivity contribution in [2.75, 3.05) is 39.8 Å². The molecule has 28 heavy (non-hydrogen) atoms. The molecule has 0 N–H and O–H groups in total. The summed E-state index contributed by atoms with van der Waals surface area (Å²) in [5.74, 6) is 0.585. The molecule has 0 bridgehead atoms. The molecule has 6 heteroatoms. The average Bonchev–Trinajstić information content (AvgIpc) is 3.16. The lowest BCUT2D eigenvalue weighted by Crippen LogP contribution is -2.54. The zero-order chi connectivity index (χ0) is 19.6. The highest BCUT2D eigenvalue weighted by Crippen LogP contribution is 2.40. The summed E-state index contributed by atoms with van der Waals surface area (Å²) in [6, 6.07) is 6.02. The highest BCUT2D eigenvalue weighted by molar-refractivity contribution is 5.82. The van der Waals surface area contributed by atoms with Gasteiger partial charge < -0.3 is 9.80 Å². The minimum atomic E-state index is 0.0804. The Hall–Kier alpha value is -1.95. The van der Waals surface area contributed by atoms with Crippen LogP contribution in [0.5, 0.6) is 0 Å². The lowest BCUT2D eigenvalue weighted by Gasteiger charge is -2.48. The molecule has 3 saturated heterocycles. The first-order valence-corrected chi connectivity index (χ1v) is 10.7. The number of likely N-dealkylation sites (N-methyl/N-ethyl adjacent to an activating group) is 1. The summed E-state index contributed by atoms with van der Waals surface area (Å²) < 4.78 is 0. The highest BCUT2D eigenvalue weighted by Gasteiger charge is 2.42. The summed E-state index contributed by atoms with van der Waals surface area (Å²) in [4.78, 5) is 36.0. The zero-order valence-corrected chi connectivity index (χ0v) is 17.0. The fraction of sp³-hybridized carbons (Fsp3) is 0.682. The molecule has 1 spiro atoms. The molecule has 1 atom stereocenters.